The molecule has 4 nitrogen and oxygen atoms in total. The minimum atomic E-state index is 0.0202. The molecule has 1 aromatic rings. The molecule has 0 spiro atoms. The summed E-state index contributed by atoms with van der Waals surface area (Å²) in [6, 6.07) is 8.13. The number of nitrogens with one attached hydrogen (secondary N) is 1. The van der Waals surface area contributed by atoms with Crippen LogP contribution in [0.25, 0.3) is 0 Å². The van der Waals surface area contributed by atoms with Gasteiger partial charge in [-0.25, -0.2) is 4.79 Å². The van der Waals surface area contributed by atoms with Gasteiger partial charge in [-0.2, -0.15) is 0 Å². The molecule has 0 bridgehead atoms. The molecular formula is C14H18N2O2. The van der Waals surface area contributed by atoms with Crippen molar-refractivity contribution in [2.75, 3.05) is 31.2 Å². The summed E-state index contributed by atoms with van der Waals surface area (Å²) in [4.78, 5) is 14.0. The molecule has 96 valence electrons. The van der Waals surface area contributed by atoms with Crippen LogP contribution in [0.15, 0.2) is 24.3 Å². The number of amides is 2. The Morgan fingerprint density at radius 3 is 3.17 bits per heavy atom. The van der Waals surface area contributed by atoms with Crippen molar-refractivity contribution in [1.29, 1.82) is 0 Å². The summed E-state index contributed by atoms with van der Waals surface area (Å²) in [6.07, 6.45) is 2.01. The standard InChI is InChI=1S/C14H18N2O2/c17-14(15-9-11-6-8-18-10-11)16-7-5-12-3-1-2-4-13(12)16/h1-4,11H,5-10H2,(H,15,17). The van der Waals surface area contributed by atoms with Gasteiger partial charge in [0.2, 0.25) is 0 Å². The highest BCUT2D eigenvalue weighted by molar-refractivity contribution is 5.94. The van der Waals surface area contributed by atoms with Crippen molar-refractivity contribution in [3.8, 4) is 0 Å². The number of benzene rings is 1. The monoisotopic (exact) mass is 246 g/mol. The van der Waals surface area contributed by atoms with Crippen molar-refractivity contribution in [3.63, 3.8) is 0 Å². The van der Waals surface area contributed by atoms with Crippen LogP contribution in [-0.2, 0) is 11.2 Å². The fourth-order valence-electron chi connectivity index (χ4n) is 2.62. The Labute approximate surface area is 107 Å². The zero-order chi connectivity index (χ0) is 12.4. The summed E-state index contributed by atoms with van der Waals surface area (Å²) in [5.41, 5.74) is 2.31. The van der Waals surface area contributed by atoms with E-state index in [0.717, 1.165) is 44.8 Å². The van der Waals surface area contributed by atoms with E-state index in [0.29, 0.717) is 5.92 Å². The molecule has 2 amide bonds. The van der Waals surface area contributed by atoms with E-state index in [9.17, 15) is 4.79 Å². The predicted octanol–water partition coefficient (Wildman–Crippen LogP) is 1.80. The second-order valence-electron chi connectivity index (χ2n) is 4.95. The maximum absolute atomic E-state index is 12.1. The topological polar surface area (TPSA) is 41.6 Å². The third kappa shape index (κ3) is 2.20. The van der Waals surface area contributed by atoms with Crippen molar-refractivity contribution in [1.82, 2.24) is 5.32 Å². The number of rotatable bonds is 2. The summed E-state index contributed by atoms with van der Waals surface area (Å²) in [5.74, 6) is 0.479. The van der Waals surface area contributed by atoms with Crippen molar-refractivity contribution in [2.45, 2.75) is 12.8 Å². The molecule has 1 N–H and O–H groups in total. The van der Waals surface area contributed by atoms with E-state index in [-0.39, 0.29) is 6.03 Å². The minimum Gasteiger partial charge on any atom is -0.381 e. The zero-order valence-electron chi connectivity index (χ0n) is 10.4. The number of urea groups is 1. The van der Waals surface area contributed by atoms with Gasteiger partial charge in [0.1, 0.15) is 0 Å². The van der Waals surface area contributed by atoms with Crippen LogP contribution in [0.1, 0.15) is 12.0 Å². The van der Waals surface area contributed by atoms with E-state index in [2.05, 4.69) is 11.4 Å². The third-order valence-electron chi connectivity index (χ3n) is 3.70. The van der Waals surface area contributed by atoms with Crippen LogP contribution in [0.4, 0.5) is 10.5 Å². The number of fused-ring (bicyclic) bond motifs is 1. The number of nitrogens with zero attached hydrogens (tertiary/aromatic N) is 1. The first-order valence-corrected chi connectivity index (χ1v) is 6.55. The lowest BCUT2D eigenvalue weighted by molar-refractivity contribution is 0.185. The van der Waals surface area contributed by atoms with Gasteiger partial charge in [0.25, 0.3) is 0 Å². The Kier molecular flexibility index (Phi) is 3.19. The van der Waals surface area contributed by atoms with E-state index >= 15 is 0 Å². The second kappa shape index (κ2) is 4.98. The largest absolute Gasteiger partial charge is 0.381 e. The van der Waals surface area contributed by atoms with Gasteiger partial charge >= 0.3 is 6.03 Å². The zero-order valence-corrected chi connectivity index (χ0v) is 10.4. The lowest BCUT2D eigenvalue weighted by Crippen LogP contribution is -2.41. The summed E-state index contributed by atoms with van der Waals surface area (Å²) in [7, 11) is 0. The minimum absolute atomic E-state index is 0.0202. The SMILES string of the molecule is O=C(NCC1CCOC1)N1CCc2ccccc21. The molecule has 2 aliphatic heterocycles. The van der Waals surface area contributed by atoms with Gasteiger partial charge in [0, 0.05) is 31.3 Å². The van der Waals surface area contributed by atoms with Crippen molar-refractivity contribution >= 4 is 11.7 Å². The molecule has 4 heteroatoms. The fourth-order valence-corrected chi connectivity index (χ4v) is 2.62. The van der Waals surface area contributed by atoms with E-state index in [4.69, 9.17) is 4.74 Å². The molecule has 0 radical (unpaired) electrons. The Bertz CT molecular complexity index is 441. The third-order valence-corrected chi connectivity index (χ3v) is 3.70. The molecule has 0 saturated carbocycles. The highest BCUT2D eigenvalue weighted by atomic mass is 16.5. The molecule has 2 heterocycles. The van der Waals surface area contributed by atoms with Gasteiger partial charge in [-0.1, -0.05) is 18.2 Å². The van der Waals surface area contributed by atoms with Gasteiger partial charge < -0.3 is 10.1 Å². The highest BCUT2D eigenvalue weighted by Crippen LogP contribution is 2.27. The van der Waals surface area contributed by atoms with E-state index < -0.39 is 0 Å². The second-order valence-corrected chi connectivity index (χ2v) is 4.95. The van der Waals surface area contributed by atoms with Crippen molar-refractivity contribution in [3.05, 3.63) is 29.8 Å². The average Bonchev–Trinajstić information content (AvgIpc) is 3.05. The number of hydrogen-bond acceptors (Lipinski definition) is 2. The molecule has 0 aromatic heterocycles. The van der Waals surface area contributed by atoms with Gasteiger partial charge in [-0.3, -0.25) is 4.90 Å². The first kappa shape index (κ1) is 11.5. The summed E-state index contributed by atoms with van der Waals surface area (Å²) in [6.45, 7) is 3.10. The van der Waals surface area contributed by atoms with Gasteiger partial charge in [0.05, 0.1) is 6.61 Å². The number of carbonyl (C=O) groups excluding carboxylic acids is 1. The summed E-state index contributed by atoms with van der Waals surface area (Å²) >= 11 is 0. The maximum atomic E-state index is 12.1. The molecule has 1 unspecified atom stereocenters. The van der Waals surface area contributed by atoms with Gasteiger partial charge in [-0.05, 0) is 24.5 Å². The van der Waals surface area contributed by atoms with Crippen LogP contribution in [0.3, 0.4) is 0 Å². The number of ether oxygens (including phenoxy) is 1. The summed E-state index contributed by atoms with van der Waals surface area (Å²) in [5, 5.41) is 3.01. The number of carbonyl (C=O) groups is 1. The van der Waals surface area contributed by atoms with Crippen LogP contribution >= 0.6 is 0 Å². The first-order valence-electron chi connectivity index (χ1n) is 6.55. The molecule has 18 heavy (non-hydrogen) atoms. The number of hydrogen-bond donors (Lipinski definition) is 1. The highest BCUT2D eigenvalue weighted by Gasteiger charge is 2.25. The molecule has 1 saturated heterocycles. The molecule has 0 aliphatic carbocycles. The molecule has 2 aliphatic rings. The molecule has 1 aromatic carbocycles. The Hall–Kier alpha value is -1.55. The van der Waals surface area contributed by atoms with Crippen molar-refractivity contribution < 1.29 is 9.53 Å². The first-order chi connectivity index (χ1) is 8.84. The summed E-state index contributed by atoms with van der Waals surface area (Å²) < 4.78 is 5.31. The molecular weight excluding hydrogens is 228 g/mol. The molecule has 1 fully saturated rings. The van der Waals surface area contributed by atoms with Crippen molar-refractivity contribution in [2.24, 2.45) is 5.92 Å². The predicted molar refractivity (Wildman–Crippen MR) is 69.8 cm³/mol. The van der Waals surface area contributed by atoms with Gasteiger partial charge in [0.15, 0.2) is 0 Å². The normalized spacial score (nSPS) is 22.0. The lowest BCUT2D eigenvalue weighted by Gasteiger charge is -2.19. The number of para-hydroxylation sites is 1. The Balaban J connectivity index is 1.60. The van der Waals surface area contributed by atoms with E-state index in [1.165, 1.54) is 5.56 Å². The van der Waals surface area contributed by atoms with Gasteiger partial charge in [-0.15, -0.1) is 0 Å². The lowest BCUT2D eigenvalue weighted by atomic mass is 10.1. The maximum Gasteiger partial charge on any atom is 0.321 e. The van der Waals surface area contributed by atoms with Crippen LogP contribution in [0, 0.1) is 5.92 Å². The Morgan fingerprint density at radius 2 is 2.33 bits per heavy atom. The van der Waals surface area contributed by atoms with Crippen LogP contribution < -0.4 is 10.2 Å². The quantitative estimate of drug-likeness (QED) is 0.864. The number of anilines is 1. The smallest absolute Gasteiger partial charge is 0.321 e. The fraction of sp³-hybridized carbons (Fsp3) is 0.500. The molecule has 3 rings (SSSR count). The van der Waals surface area contributed by atoms with Crippen LogP contribution in [-0.4, -0.2) is 32.3 Å². The molecule has 1 atom stereocenters. The van der Waals surface area contributed by atoms with E-state index in [1.54, 1.807) is 0 Å². The van der Waals surface area contributed by atoms with E-state index in [1.807, 2.05) is 23.1 Å². The average molecular weight is 246 g/mol. The Morgan fingerprint density at radius 1 is 1.44 bits per heavy atom. The van der Waals surface area contributed by atoms with Crippen LogP contribution in [0.5, 0.6) is 0 Å². The van der Waals surface area contributed by atoms with Crippen LogP contribution in [0.2, 0.25) is 0 Å².